The lowest BCUT2D eigenvalue weighted by molar-refractivity contribution is -0.143. The number of hydrogen-bond donors (Lipinski definition) is 1. The summed E-state index contributed by atoms with van der Waals surface area (Å²) in [6.07, 6.45) is 6.13. The van der Waals surface area contributed by atoms with Gasteiger partial charge in [0.1, 0.15) is 5.76 Å². The van der Waals surface area contributed by atoms with E-state index in [-0.39, 0.29) is 5.97 Å². The maximum Gasteiger partial charge on any atom is 0.305 e. The van der Waals surface area contributed by atoms with Crippen LogP contribution in [0.5, 0.6) is 0 Å². The van der Waals surface area contributed by atoms with Crippen molar-refractivity contribution in [3.05, 3.63) is 17.8 Å². The first kappa shape index (κ1) is 15.7. The Hall–Kier alpha value is -1.36. The first-order valence-corrected chi connectivity index (χ1v) is 7.06. The van der Waals surface area contributed by atoms with Gasteiger partial charge in [0.25, 0.3) is 0 Å². The number of nitrogens with one attached hydrogen (secondary N) is 1. The Kier molecular flexibility index (Phi) is 7.89. The number of hydrogen-bond acceptors (Lipinski definition) is 5. The first-order valence-electron chi connectivity index (χ1n) is 7.06. The van der Waals surface area contributed by atoms with Crippen LogP contribution in [0.15, 0.2) is 10.6 Å². The third-order valence-corrected chi connectivity index (χ3v) is 2.77. The van der Waals surface area contributed by atoms with Crippen LogP contribution in [0, 0.1) is 0 Å². The van der Waals surface area contributed by atoms with Gasteiger partial charge in [0.2, 0.25) is 5.89 Å². The van der Waals surface area contributed by atoms with Crippen LogP contribution in [0.2, 0.25) is 0 Å². The highest BCUT2D eigenvalue weighted by Crippen LogP contribution is 2.04. The van der Waals surface area contributed by atoms with E-state index in [1.54, 1.807) is 6.20 Å². The minimum Gasteiger partial charge on any atom is -0.466 e. The van der Waals surface area contributed by atoms with E-state index in [1.807, 2.05) is 13.8 Å². The highest BCUT2D eigenvalue weighted by atomic mass is 16.5. The summed E-state index contributed by atoms with van der Waals surface area (Å²) in [5.74, 6) is 1.57. The maximum absolute atomic E-state index is 11.1. The fourth-order valence-corrected chi connectivity index (χ4v) is 1.72. The normalized spacial score (nSPS) is 10.6. The summed E-state index contributed by atoms with van der Waals surface area (Å²) in [7, 11) is 0. The quantitative estimate of drug-likeness (QED) is 0.521. The summed E-state index contributed by atoms with van der Waals surface area (Å²) in [5, 5.41) is 3.28. The van der Waals surface area contributed by atoms with Crippen molar-refractivity contribution >= 4 is 5.97 Å². The molecule has 0 aliphatic carbocycles. The molecule has 0 amide bonds. The van der Waals surface area contributed by atoms with Gasteiger partial charge in [0, 0.05) is 12.8 Å². The van der Waals surface area contributed by atoms with Crippen molar-refractivity contribution in [2.24, 2.45) is 0 Å². The Morgan fingerprint density at radius 1 is 1.37 bits per heavy atom. The van der Waals surface area contributed by atoms with E-state index in [0.29, 0.717) is 19.6 Å². The SMILES string of the molecule is CCOC(=O)CCCCCNCc1ncc(CC)o1. The van der Waals surface area contributed by atoms with E-state index in [1.165, 1.54) is 0 Å². The van der Waals surface area contributed by atoms with Crippen LogP contribution in [-0.4, -0.2) is 24.1 Å². The number of carbonyl (C=O) groups is 1. The Bertz CT molecular complexity index is 363. The summed E-state index contributed by atoms with van der Waals surface area (Å²) in [6, 6.07) is 0. The molecule has 5 heteroatoms. The molecular formula is C14H24N2O3. The molecule has 0 aliphatic rings. The molecule has 0 aromatic carbocycles. The predicted molar refractivity (Wildman–Crippen MR) is 72.7 cm³/mol. The number of esters is 1. The van der Waals surface area contributed by atoms with Crippen molar-refractivity contribution in [1.29, 1.82) is 0 Å². The van der Waals surface area contributed by atoms with Crippen LogP contribution < -0.4 is 5.32 Å². The minimum absolute atomic E-state index is 0.0951. The van der Waals surface area contributed by atoms with Crippen molar-refractivity contribution in [1.82, 2.24) is 10.3 Å². The summed E-state index contributed by atoms with van der Waals surface area (Å²) in [4.78, 5) is 15.3. The van der Waals surface area contributed by atoms with Crippen LogP contribution in [-0.2, 0) is 22.5 Å². The van der Waals surface area contributed by atoms with E-state index in [2.05, 4.69) is 10.3 Å². The largest absolute Gasteiger partial charge is 0.466 e. The molecular weight excluding hydrogens is 244 g/mol. The average Bonchev–Trinajstić information content (AvgIpc) is 2.86. The molecule has 0 atom stereocenters. The van der Waals surface area contributed by atoms with Gasteiger partial charge in [-0.25, -0.2) is 4.98 Å². The molecule has 0 spiro atoms. The zero-order valence-corrected chi connectivity index (χ0v) is 11.9. The van der Waals surface area contributed by atoms with Crippen LogP contribution in [0.25, 0.3) is 0 Å². The number of ether oxygens (including phenoxy) is 1. The highest BCUT2D eigenvalue weighted by molar-refractivity contribution is 5.69. The Labute approximate surface area is 114 Å². The lowest BCUT2D eigenvalue weighted by atomic mass is 10.2. The number of oxazole rings is 1. The molecule has 1 N–H and O–H groups in total. The van der Waals surface area contributed by atoms with Gasteiger partial charge in [0.05, 0.1) is 19.3 Å². The molecule has 1 aromatic rings. The van der Waals surface area contributed by atoms with Crippen molar-refractivity contribution < 1.29 is 13.9 Å². The number of rotatable bonds is 10. The molecule has 1 aromatic heterocycles. The van der Waals surface area contributed by atoms with Crippen LogP contribution >= 0.6 is 0 Å². The number of aryl methyl sites for hydroxylation is 1. The summed E-state index contributed by atoms with van der Waals surface area (Å²) in [6.45, 7) is 5.91. The monoisotopic (exact) mass is 268 g/mol. The fourth-order valence-electron chi connectivity index (χ4n) is 1.72. The smallest absolute Gasteiger partial charge is 0.305 e. The summed E-state index contributed by atoms with van der Waals surface area (Å²) >= 11 is 0. The van der Waals surface area contributed by atoms with Crippen molar-refractivity contribution in [3.63, 3.8) is 0 Å². The van der Waals surface area contributed by atoms with E-state index >= 15 is 0 Å². The first-order chi connectivity index (χ1) is 9.26. The van der Waals surface area contributed by atoms with Gasteiger partial charge < -0.3 is 14.5 Å². The van der Waals surface area contributed by atoms with E-state index < -0.39 is 0 Å². The number of unbranched alkanes of at least 4 members (excludes halogenated alkanes) is 2. The number of carbonyl (C=O) groups excluding carboxylic acids is 1. The van der Waals surface area contributed by atoms with E-state index in [0.717, 1.165) is 43.9 Å². The predicted octanol–water partition coefficient (Wildman–Crippen LogP) is 2.45. The molecule has 0 aliphatic heterocycles. The molecule has 0 bridgehead atoms. The van der Waals surface area contributed by atoms with Gasteiger partial charge >= 0.3 is 5.97 Å². The van der Waals surface area contributed by atoms with Crippen molar-refractivity contribution in [2.75, 3.05) is 13.2 Å². The third kappa shape index (κ3) is 6.96. The fraction of sp³-hybridized carbons (Fsp3) is 0.714. The molecule has 5 nitrogen and oxygen atoms in total. The summed E-state index contributed by atoms with van der Waals surface area (Å²) < 4.78 is 10.3. The van der Waals surface area contributed by atoms with E-state index in [4.69, 9.17) is 9.15 Å². The third-order valence-electron chi connectivity index (χ3n) is 2.77. The Morgan fingerprint density at radius 2 is 2.21 bits per heavy atom. The zero-order valence-electron chi connectivity index (χ0n) is 11.9. The molecule has 108 valence electrons. The molecule has 0 saturated carbocycles. The van der Waals surface area contributed by atoms with Gasteiger partial charge in [-0.05, 0) is 26.3 Å². The standard InChI is InChI=1S/C14H24N2O3/c1-3-12-10-16-13(19-12)11-15-9-7-5-6-8-14(17)18-4-2/h10,15H,3-9,11H2,1-2H3. The van der Waals surface area contributed by atoms with E-state index in [9.17, 15) is 4.79 Å². The van der Waals surface area contributed by atoms with Crippen LogP contribution in [0.1, 0.15) is 51.2 Å². The molecule has 0 unspecified atom stereocenters. The molecule has 19 heavy (non-hydrogen) atoms. The lowest BCUT2D eigenvalue weighted by Crippen LogP contribution is -2.15. The number of aromatic nitrogens is 1. The molecule has 1 rings (SSSR count). The number of nitrogens with zero attached hydrogens (tertiary/aromatic N) is 1. The van der Waals surface area contributed by atoms with Gasteiger partial charge in [-0.15, -0.1) is 0 Å². The molecule has 0 radical (unpaired) electrons. The minimum atomic E-state index is -0.0951. The van der Waals surface area contributed by atoms with Crippen LogP contribution in [0.3, 0.4) is 0 Å². The van der Waals surface area contributed by atoms with Crippen LogP contribution in [0.4, 0.5) is 0 Å². The topological polar surface area (TPSA) is 64.4 Å². The molecule has 0 fully saturated rings. The Morgan fingerprint density at radius 3 is 2.89 bits per heavy atom. The Balaban J connectivity index is 1.95. The molecule has 1 heterocycles. The summed E-state index contributed by atoms with van der Waals surface area (Å²) in [5.41, 5.74) is 0. The van der Waals surface area contributed by atoms with Crippen molar-refractivity contribution in [2.45, 2.75) is 52.5 Å². The maximum atomic E-state index is 11.1. The van der Waals surface area contributed by atoms with Crippen molar-refractivity contribution in [3.8, 4) is 0 Å². The van der Waals surface area contributed by atoms with Gasteiger partial charge in [0.15, 0.2) is 0 Å². The molecule has 0 saturated heterocycles. The average molecular weight is 268 g/mol. The lowest BCUT2D eigenvalue weighted by Gasteiger charge is -2.03. The second-order valence-corrected chi connectivity index (χ2v) is 4.37. The van der Waals surface area contributed by atoms with Gasteiger partial charge in [-0.2, -0.15) is 0 Å². The second-order valence-electron chi connectivity index (χ2n) is 4.37. The van der Waals surface area contributed by atoms with Gasteiger partial charge in [-0.1, -0.05) is 13.3 Å². The second kappa shape index (κ2) is 9.55. The highest BCUT2D eigenvalue weighted by Gasteiger charge is 2.02. The van der Waals surface area contributed by atoms with Gasteiger partial charge in [-0.3, -0.25) is 4.79 Å². The zero-order chi connectivity index (χ0) is 13.9.